The lowest BCUT2D eigenvalue weighted by atomic mass is 9.80. The minimum Gasteiger partial charge on any atom is -0.388 e. The van der Waals surface area contributed by atoms with Crippen LogP contribution < -0.4 is 5.32 Å². The molecule has 2 aromatic rings. The molecule has 2 N–H and O–H groups in total. The lowest BCUT2D eigenvalue weighted by molar-refractivity contribution is -0.0675. The van der Waals surface area contributed by atoms with Crippen molar-refractivity contribution in [3.05, 3.63) is 58.0 Å². The number of nitrogens with one attached hydrogen (secondary N) is 1. The molecule has 1 saturated carbocycles. The first-order valence-corrected chi connectivity index (χ1v) is 11.9. The Balaban J connectivity index is 1.60. The van der Waals surface area contributed by atoms with Gasteiger partial charge in [0.1, 0.15) is 5.82 Å². The number of rotatable bonds is 5. The molecule has 4 rings (SSSR count). The smallest absolute Gasteiger partial charge is 0.251 e. The van der Waals surface area contributed by atoms with Gasteiger partial charge in [0.2, 0.25) is 0 Å². The van der Waals surface area contributed by atoms with E-state index in [2.05, 4.69) is 21.7 Å². The van der Waals surface area contributed by atoms with E-state index in [1.807, 2.05) is 13.0 Å². The summed E-state index contributed by atoms with van der Waals surface area (Å²) in [6.45, 7) is 3.64. The number of halogens is 1. The maximum atomic E-state index is 13.3. The zero-order valence-corrected chi connectivity index (χ0v) is 18.3. The van der Waals surface area contributed by atoms with Gasteiger partial charge in [-0.1, -0.05) is 25.3 Å². The first-order valence-electron chi connectivity index (χ1n) is 11.0. The first-order chi connectivity index (χ1) is 14.4. The number of nitrogens with zero attached hydrogens (tertiary/aromatic N) is 1. The predicted molar refractivity (Wildman–Crippen MR) is 118 cm³/mol. The zero-order chi connectivity index (χ0) is 21.1. The number of carbonyl (C=O) groups excluding carboxylic acids is 1. The van der Waals surface area contributed by atoms with E-state index in [0.717, 1.165) is 18.0 Å². The van der Waals surface area contributed by atoms with E-state index in [1.165, 1.54) is 56.4 Å². The number of piperidine rings is 1. The van der Waals surface area contributed by atoms with Crippen LogP contribution in [-0.4, -0.2) is 40.6 Å². The minimum atomic E-state index is -1.02. The van der Waals surface area contributed by atoms with Crippen molar-refractivity contribution in [1.29, 1.82) is 0 Å². The summed E-state index contributed by atoms with van der Waals surface area (Å²) in [5, 5.41) is 16.4. The number of hydrogen-bond acceptors (Lipinski definition) is 4. The lowest BCUT2D eigenvalue weighted by Crippen LogP contribution is -2.62. The van der Waals surface area contributed by atoms with Gasteiger partial charge in [0.15, 0.2) is 0 Å². The van der Waals surface area contributed by atoms with Gasteiger partial charge in [0, 0.05) is 23.5 Å². The summed E-state index contributed by atoms with van der Waals surface area (Å²) in [5.74, 6) is 0.0328. The topological polar surface area (TPSA) is 52.6 Å². The monoisotopic (exact) mass is 430 g/mol. The van der Waals surface area contributed by atoms with Crippen LogP contribution in [0.3, 0.4) is 0 Å². The number of likely N-dealkylation sites (tertiary alicyclic amines) is 1. The predicted octanol–water partition coefficient (Wildman–Crippen LogP) is 4.76. The molecule has 4 nitrogen and oxygen atoms in total. The molecule has 2 aliphatic rings. The number of hydrogen-bond donors (Lipinski definition) is 2. The van der Waals surface area contributed by atoms with Gasteiger partial charge in [0.05, 0.1) is 17.7 Å². The standard InChI is InChI=1S/C24H31FN2O2S/c1-24(29)13-14-27(16-17-6-3-2-4-7-17)21(20-8-5-15-30-20)22(24)26-23(28)18-9-11-19(25)12-10-18/h5,8-12,15,17,21-22,29H,2-4,6-7,13-14,16H2,1H3,(H,26,28). The van der Waals surface area contributed by atoms with Crippen LogP contribution >= 0.6 is 11.3 Å². The summed E-state index contributed by atoms with van der Waals surface area (Å²) in [5.41, 5.74) is -0.616. The molecule has 30 heavy (non-hydrogen) atoms. The van der Waals surface area contributed by atoms with Gasteiger partial charge >= 0.3 is 0 Å². The minimum absolute atomic E-state index is 0.0694. The van der Waals surface area contributed by atoms with Crippen LogP contribution in [0.4, 0.5) is 4.39 Å². The summed E-state index contributed by atoms with van der Waals surface area (Å²) >= 11 is 1.67. The van der Waals surface area contributed by atoms with Crippen molar-refractivity contribution in [3.63, 3.8) is 0 Å². The molecule has 3 atom stereocenters. The van der Waals surface area contributed by atoms with Crippen molar-refractivity contribution in [2.75, 3.05) is 13.1 Å². The summed E-state index contributed by atoms with van der Waals surface area (Å²) in [6.07, 6.45) is 7.05. The molecule has 0 radical (unpaired) electrons. The molecule has 1 aliphatic heterocycles. The Morgan fingerprint density at radius 2 is 1.97 bits per heavy atom. The van der Waals surface area contributed by atoms with Crippen LogP contribution in [0.2, 0.25) is 0 Å². The molecule has 2 fully saturated rings. The lowest BCUT2D eigenvalue weighted by Gasteiger charge is -2.49. The molecule has 1 aromatic carbocycles. The fourth-order valence-corrected chi connectivity index (χ4v) is 5.88. The number of aliphatic hydroxyl groups is 1. The Labute approximate surface area is 182 Å². The molecule has 2 heterocycles. The van der Waals surface area contributed by atoms with Gasteiger partial charge in [-0.05, 0) is 67.8 Å². The fourth-order valence-electron chi connectivity index (χ4n) is 4.99. The number of benzene rings is 1. The van der Waals surface area contributed by atoms with Gasteiger partial charge in [-0.25, -0.2) is 4.39 Å². The summed E-state index contributed by atoms with van der Waals surface area (Å²) in [4.78, 5) is 16.6. The van der Waals surface area contributed by atoms with E-state index in [9.17, 15) is 14.3 Å². The SMILES string of the molecule is CC1(O)CCN(CC2CCCCC2)C(c2cccs2)C1NC(=O)c1ccc(F)cc1. The quantitative estimate of drug-likeness (QED) is 0.719. The molecule has 1 amide bonds. The van der Waals surface area contributed by atoms with Crippen LogP contribution in [0.25, 0.3) is 0 Å². The van der Waals surface area contributed by atoms with Gasteiger partial charge < -0.3 is 10.4 Å². The highest BCUT2D eigenvalue weighted by atomic mass is 32.1. The van der Waals surface area contributed by atoms with Crippen LogP contribution in [0.5, 0.6) is 0 Å². The highest BCUT2D eigenvalue weighted by Gasteiger charge is 2.47. The Hall–Kier alpha value is -1.76. The summed E-state index contributed by atoms with van der Waals surface area (Å²) < 4.78 is 13.3. The Bertz CT molecular complexity index is 831. The first kappa shape index (κ1) is 21.5. The fraction of sp³-hybridized carbons (Fsp3) is 0.542. The van der Waals surface area contributed by atoms with E-state index in [-0.39, 0.29) is 17.8 Å². The van der Waals surface area contributed by atoms with E-state index in [4.69, 9.17) is 0 Å². The van der Waals surface area contributed by atoms with E-state index >= 15 is 0 Å². The Morgan fingerprint density at radius 1 is 1.23 bits per heavy atom. The molecule has 6 heteroatoms. The largest absolute Gasteiger partial charge is 0.388 e. The normalized spacial score (nSPS) is 28.4. The maximum Gasteiger partial charge on any atom is 0.251 e. The van der Waals surface area contributed by atoms with Crippen LogP contribution in [-0.2, 0) is 0 Å². The third kappa shape index (κ3) is 4.76. The third-order valence-corrected chi connectivity index (χ3v) is 7.67. The molecule has 162 valence electrons. The van der Waals surface area contributed by atoms with Gasteiger partial charge in [-0.2, -0.15) is 0 Å². The van der Waals surface area contributed by atoms with Crippen molar-refractivity contribution in [2.24, 2.45) is 5.92 Å². The number of carbonyl (C=O) groups is 1. The maximum absolute atomic E-state index is 13.3. The van der Waals surface area contributed by atoms with E-state index < -0.39 is 11.6 Å². The van der Waals surface area contributed by atoms with Crippen molar-refractivity contribution in [3.8, 4) is 0 Å². The highest BCUT2D eigenvalue weighted by molar-refractivity contribution is 7.10. The van der Waals surface area contributed by atoms with E-state index in [0.29, 0.717) is 17.9 Å². The van der Waals surface area contributed by atoms with Crippen molar-refractivity contribution in [2.45, 2.75) is 63.1 Å². The van der Waals surface area contributed by atoms with Crippen LogP contribution in [0, 0.1) is 11.7 Å². The molecular weight excluding hydrogens is 399 g/mol. The third-order valence-electron chi connectivity index (χ3n) is 6.73. The summed E-state index contributed by atoms with van der Waals surface area (Å²) in [6, 6.07) is 9.18. The Morgan fingerprint density at radius 3 is 2.63 bits per heavy atom. The molecule has 0 bridgehead atoms. The number of amides is 1. The molecule has 1 saturated heterocycles. The van der Waals surface area contributed by atoms with E-state index in [1.54, 1.807) is 11.3 Å². The Kier molecular flexibility index (Phi) is 6.56. The molecule has 3 unspecified atom stereocenters. The number of thiophene rings is 1. The second-order valence-corrected chi connectivity index (χ2v) is 10.0. The highest BCUT2D eigenvalue weighted by Crippen LogP contribution is 2.40. The summed E-state index contributed by atoms with van der Waals surface area (Å²) in [7, 11) is 0. The second kappa shape index (κ2) is 9.16. The van der Waals surface area contributed by atoms with Crippen LogP contribution in [0.15, 0.2) is 41.8 Å². The van der Waals surface area contributed by atoms with Gasteiger partial charge in [0.25, 0.3) is 5.91 Å². The van der Waals surface area contributed by atoms with Gasteiger partial charge in [-0.3, -0.25) is 9.69 Å². The molecular formula is C24H31FN2O2S. The van der Waals surface area contributed by atoms with Crippen molar-refractivity contribution < 1.29 is 14.3 Å². The molecule has 1 aromatic heterocycles. The van der Waals surface area contributed by atoms with Crippen molar-refractivity contribution >= 4 is 17.2 Å². The zero-order valence-electron chi connectivity index (χ0n) is 17.5. The molecule has 0 spiro atoms. The average molecular weight is 431 g/mol. The van der Waals surface area contributed by atoms with Gasteiger partial charge in [-0.15, -0.1) is 11.3 Å². The van der Waals surface area contributed by atoms with Crippen molar-refractivity contribution in [1.82, 2.24) is 10.2 Å². The second-order valence-electron chi connectivity index (χ2n) is 9.02. The van der Waals surface area contributed by atoms with Crippen LogP contribution in [0.1, 0.15) is 66.7 Å². The molecule has 1 aliphatic carbocycles. The average Bonchev–Trinajstić information content (AvgIpc) is 3.26.